The van der Waals surface area contributed by atoms with Gasteiger partial charge in [0, 0.05) is 10.2 Å². The molecule has 0 saturated carbocycles. The van der Waals surface area contributed by atoms with Crippen molar-refractivity contribution in [2.24, 2.45) is 0 Å². The van der Waals surface area contributed by atoms with Crippen LogP contribution in [-0.2, 0) is 0 Å². The number of rotatable bonds is 3. The number of benzene rings is 1. The van der Waals surface area contributed by atoms with Crippen LogP contribution in [0, 0.1) is 11.3 Å². The van der Waals surface area contributed by atoms with Crippen molar-refractivity contribution in [3.63, 3.8) is 0 Å². The quantitative estimate of drug-likeness (QED) is 0.869. The van der Waals surface area contributed by atoms with Crippen LogP contribution in [0.4, 0.5) is 5.69 Å². The van der Waals surface area contributed by atoms with Crippen LogP contribution in [0.15, 0.2) is 28.7 Å². The van der Waals surface area contributed by atoms with E-state index in [0.717, 1.165) is 10.2 Å². The van der Waals surface area contributed by atoms with E-state index in [2.05, 4.69) is 21.2 Å². The third-order valence-corrected chi connectivity index (χ3v) is 2.30. The fourth-order valence-corrected chi connectivity index (χ4v) is 1.39. The molecule has 0 heterocycles. The highest BCUT2D eigenvalue weighted by Crippen LogP contribution is 2.19. The van der Waals surface area contributed by atoms with Crippen molar-refractivity contribution in [1.29, 1.82) is 5.26 Å². The number of nitrogens with zero attached hydrogens (tertiary/aromatic N) is 1. The normalized spacial score (nSPS) is 14.1. The molecule has 1 aromatic carbocycles. The molecule has 2 N–H and O–H groups in total. The van der Waals surface area contributed by atoms with E-state index in [1.165, 1.54) is 0 Å². The summed E-state index contributed by atoms with van der Waals surface area (Å²) in [6.07, 6.45) is 0. The summed E-state index contributed by atoms with van der Waals surface area (Å²) in [4.78, 5) is 0. The number of aliphatic hydroxyl groups excluding tert-OH is 1. The van der Waals surface area contributed by atoms with Crippen molar-refractivity contribution < 1.29 is 5.11 Å². The van der Waals surface area contributed by atoms with Gasteiger partial charge in [0.15, 0.2) is 0 Å². The zero-order chi connectivity index (χ0) is 10.6. The summed E-state index contributed by atoms with van der Waals surface area (Å²) < 4.78 is 0.931. The Balaban J connectivity index is 2.84. The van der Waals surface area contributed by atoms with Crippen LogP contribution in [0.1, 0.15) is 6.92 Å². The van der Waals surface area contributed by atoms with Gasteiger partial charge in [-0.15, -0.1) is 0 Å². The van der Waals surface area contributed by atoms with Crippen LogP contribution >= 0.6 is 15.9 Å². The number of nitriles is 1. The van der Waals surface area contributed by atoms with Gasteiger partial charge in [0.1, 0.15) is 5.54 Å². The van der Waals surface area contributed by atoms with Crippen molar-refractivity contribution >= 4 is 21.6 Å². The number of nitrogens with one attached hydrogen (secondary N) is 1. The number of hydrogen-bond donors (Lipinski definition) is 2. The van der Waals surface area contributed by atoms with Crippen LogP contribution in [0.25, 0.3) is 0 Å². The molecule has 3 nitrogen and oxygen atoms in total. The SMILES string of the molecule is CC(C#N)(CO)Nc1cccc(Br)c1. The predicted molar refractivity (Wildman–Crippen MR) is 58.9 cm³/mol. The number of aliphatic hydroxyl groups is 1. The van der Waals surface area contributed by atoms with E-state index in [1.807, 2.05) is 30.3 Å². The monoisotopic (exact) mass is 254 g/mol. The Morgan fingerprint density at radius 3 is 2.86 bits per heavy atom. The lowest BCUT2D eigenvalue weighted by atomic mass is 10.1. The molecule has 1 unspecified atom stereocenters. The van der Waals surface area contributed by atoms with Gasteiger partial charge in [-0.3, -0.25) is 0 Å². The first-order valence-electron chi connectivity index (χ1n) is 4.15. The van der Waals surface area contributed by atoms with Gasteiger partial charge < -0.3 is 10.4 Å². The molecule has 1 aromatic rings. The van der Waals surface area contributed by atoms with Gasteiger partial charge in [0.2, 0.25) is 0 Å². The Morgan fingerprint density at radius 2 is 2.36 bits per heavy atom. The molecule has 0 aliphatic heterocycles. The molecule has 0 saturated heterocycles. The summed E-state index contributed by atoms with van der Waals surface area (Å²) in [7, 11) is 0. The summed E-state index contributed by atoms with van der Waals surface area (Å²) in [6, 6.07) is 9.47. The standard InChI is InChI=1S/C10H11BrN2O/c1-10(6-12,7-14)13-9-4-2-3-8(11)5-9/h2-5,13-14H,7H2,1H3. The molecular formula is C10H11BrN2O. The van der Waals surface area contributed by atoms with E-state index >= 15 is 0 Å². The van der Waals surface area contributed by atoms with E-state index in [9.17, 15) is 0 Å². The summed E-state index contributed by atoms with van der Waals surface area (Å²) in [5.41, 5.74) is -0.127. The molecule has 74 valence electrons. The Bertz CT molecular complexity index is 361. The van der Waals surface area contributed by atoms with Crippen LogP contribution in [0.2, 0.25) is 0 Å². The topological polar surface area (TPSA) is 56.0 Å². The molecular weight excluding hydrogens is 244 g/mol. The number of anilines is 1. The predicted octanol–water partition coefficient (Wildman–Crippen LogP) is 2.14. The first kappa shape index (κ1) is 11.0. The van der Waals surface area contributed by atoms with E-state index in [-0.39, 0.29) is 6.61 Å². The third kappa shape index (κ3) is 2.72. The van der Waals surface area contributed by atoms with Crippen molar-refractivity contribution in [2.75, 3.05) is 11.9 Å². The maximum atomic E-state index is 9.02. The zero-order valence-electron chi connectivity index (χ0n) is 7.79. The van der Waals surface area contributed by atoms with Crippen LogP contribution in [0.5, 0.6) is 0 Å². The second kappa shape index (κ2) is 4.45. The van der Waals surface area contributed by atoms with Crippen LogP contribution in [0.3, 0.4) is 0 Å². The van der Waals surface area contributed by atoms with Gasteiger partial charge in [0.25, 0.3) is 0 Å². The largest absolute Gasteiger partial charge is 0.393 e. The summed E-state index contributed by atoms with van der Waals surface area (Å²) in [5, 5.41) is 20.8. The van der Waals surface area contributed by atoms with E-state index in [1.54, 1.807) is 6.92 Å². The maximum absolute atomic E-state index is 9.02. The molecule has 0 aliphatic carbocycles. The minimum absolute atomic E-state index is 0.226. The molecule has 4 heteroatoms. The summed E-state index contributed by atoms with van der Waals surface area (Å²) >= 11 is 3.33. The highest BCUT2D eigenvalue weighted by Gasteiger charge is 2.21. The Hall–Kier alpha value is -1.05. The minimum atomic E-state index is -0.930. The van der Waals surface area contributed by atoms with Gasteiger partial charge in [0.05, 0.1) is 12.7 Å². The molecule has 1 rings (SSSR count). The van der Waals surface area contributed by atoms with E-state index in [4.69, 9.17) is 10.4 Å². The molecule has 0 radical (unpaired) electrons. The molecule has 14 heavy (non-hydrogen) atoms. The van der Waals surface area contributed by atoms with Crippen molar-refractivity contribution in [3.8, 4) is 6.07 Å². The van der Waals surface area contributed by atoms with Gasteiger partial charge in [-0.1, -0.05) is 22.0 Å². The lowest BCUT2D eigenvalue weighted by Crippen LogP contribution is -2.36. The number of hydrogen-bond acceptors (Lipinski definition) is 3. The van der Waals surface area contributed by atoms with E-state index < -0.39 is 5.54 Å². The highest BCUT2D eigenvalue weighted by molar-refractivity contribution is 9.10. The van der Waals surface area contributed by atoms with Crippen molar-refractivity contribution in [2.45, 2.75) is 12.5 Å². The maximum Gasteiger partial charge on any atom is 0.145 e. The first-order chi connectivity index (χ1) is 6.59. The lowest BCUT2D eigenvalue weighted by molar-refractivity contribution is 0.253. The number of halogens is 1. The second-order valence-electron chi connectivity index (χ2n) is 3.24. The Kier molecular flexibility index (Phi) is 3.50. The summed E-state index contributed by atoms with van der Waals surface area (Å²) in [6.45, 7) is 1.42. The lowest BCUT2D eigenvalue weighted by Gasteiger charge is -2.21. The second-order valence-corrected chi connectivity index (χ2v) is 4.15. The van der Waals surface area contributed by atoms with Crippen LogP contribution < -0.4 is 5.32 Å². The average molecular weight is 255 g/mol. The Morgan fingerprint density at radius 1 is 1.64 bits per heavy atom. The fourth-order valence-electron chi connectivity index (χ4n) is 0.988. The third-order valence-electron chi connectivity index (χ3n) is 1.81. The molecule has 0 aromatic heterocycles. The Labute approximate surface area is 91.5 Å². The smallest absolute Gasteiger partial charge is 0.145 e. The minimum Gasteiger partial charge on any atom is -0.393 e. The molecule has 0 amide bonds. The molecule has 0 bridgehead atoms. The average Bonchev–Trinajstić information content (AvgIpc) is 2.18. The summed E-state index contributed by atoms with van der Waals surface area (Å²) in [5.74, 6) is 0. The molecule has 1 atom stereocenters. The highest BCUT2D eigenvalue weighted by atomic mass is 79.9. The van der Waals surface area contributed by atoms with Crippen molar-refractivity contribution in [1.82, 2.24) is 0 Å². The van der Waals surface area contributed by atoms with E-state index in [0.29, 0.717) is 0 Å². The van der Waals surface area contributed by atoms with Gasteiger partial charge in [-0.05, 0) is 25.1 Å². The molecule has 0 aliphatic rings. The van der Waals surface area contributed by atoms with Gasteiger partial charge in [-0.25, -0.2) is 0 Å². The van der Waals surface area contributed by atoms with Crippen LogP contribution in [-0.4, -0.2) is 17.3 Å². The zero-order valence-corrected chi connectivity index (χ0v) is 9.37. The van der Waals surface area contributed by atoms with Gasteiger partial charge in [-0.2, -0.15) is 5.26 Å². The van der Waals surface area contributed by atoms with Crippen molar-refractivity contribution in [3.05, 3.63) is 28.7 Å². The fraction of sp³-hybridized carbons (Fsp3) is 0.300. The first-order valence-corrected chi connectivity index (χ1v) is 4.95. The molecule has 0 spiro atoms. The van der Waals surface area contributed by atoms with Gasteiger partial charge >= 0.3 is 0 Å². The molecule has 0 fully saturated rings.